The van der Waals surface area contributed by atoms with Crippen LogP contribution in [0.25, 0.3) is 33.5 Å². The van der Waals surface area contributed by atoms with Crippen molar-refractivity contribution < 1.29 is 0 Å². The van der Waals surface area contributed by atoms with E-state index in [9.17, 15) is 0 Å². The second-order valence-corrected chi connectivity index (χ2v) is 8.51. The van der Waals surface area contributed by atoms with Gasteiger partial charge in [-0.1, -0.05) is 48.5 Å². The maximum atomic E-state index is 6.09. The largest absolute Gasteiger partial charge is 0.332 e. The summed E-state index contributed by atoms with van der Waals surface area (Å²) in [5.74, 6) is 16.9. The number of benzene rings is 3. The van der Waals surface area contributed by atoms with Gasteiger partial charge in [-0.2, -0.15) is 0 Å². The average Bonchev–Trinajstić information content (AvgIpc) is 2.92. The van der Waals surface area contributed by atoms with Gasteiger partial charge in [-0.3, -0.25) is 15.8 Å². The van der Waals surface area contributed by atoms with E-state index in [1.165, 1.54) is 5.01 Å². The monoisotopic (exact) mass is 502 g/mol. The first kappa shape index (κ1) is 24.6. The Morgan fingerprint density at radius 3 is 2.03 bits per heavy atom. The van der Waals surface area contributed by atoms with Crippen LogP contribution in [0.2, 0.25) is 0 Å². The number of thiol groups is 1. The SMILES string of the molecule is NNC(=S)Nc1ccc(-c2cccc(-c3ccc(N(N)C(S)NN)cc3)c2-c2ccccn2)cc1. The first-order chi connectivity index (χ1) is 17.0. The van der Waals surface area contributed by atoms with Gasteiger partial charge in [-0.05, 0) is 70.9 Å². The Labute approximate surface area is 214 Å². The van der Waals surface area contributed by atoms with E-state index in [-0.39, 0.29) is 0 Å². The van der Waals surface area contributed by atoms with Crippen LogP contribution in [0.15, 0.2) is 91.1 Å². The summed E-state index contributed by atoms with van der Waals surface area (Å²) in [6, 6.07) is 28.0. The number of nitrogens with zero attached hydrogens (tertiary/aromatic N) is 2. The van der Waals surface area contributed by atoms with Gasteiger partial charge in [0, 0.05) is 17.4 Å². The van der Waals surface area contributed by atoms with Gasteiger partial charge < -0.3 is 10.7 Å². The molecule has 9 N–H and O–H groups in total. The Kier molecular flexibility index (Phi) is 7.93. The summed E-state index contributed by atoms with van der Waals surface area (Å²) < 4.78 is 0. The number of pyridine rings is 1. The minimum atomic E-state index is -0.513. The van der Waals surface area contributed by atoms with E-state index >= 15 is 0 Å². The zero-order valence-electron chi connectivity index (χ0n) is 18.7. The molecule has 35 heavy (non-hydrogen) atoms. The van der Waals surface area contributed by atoms with E-state index in [1.54, 1.807) is 6.20 Å². The van der Waals surface area contributed by atoms with Crippen molar-refractivity contribution in [1.82, 2.24) is 15.8 Å². The molecule has 1 aromatic heterocycles. The summed E-state index contributed by atoms with van der Waals surface area (Å²) in [4.78, 5) is 4.66. The van der Waals surface area contributed by atoms with Crippen LogP contribution in [0, 0.1) is 0 Å². The number of rotatable bonds is 7. The molecule has 8 nitrogen and oxygen atoms in total. The Hall–Kier alpha value is -3.51. The first-order valence-corrected chi connectivity index (χ1v) is 11.7. The third-order valence-electron chi connectivity index (χ3n) is 5.46. The highest BCUT2D eigenvalue weighted by Crippen LogP contribution is 2.39. The van der Waals surface area contributed by atoms with E-state index in [1.807, 2.05) is 72.8 Å². The topological polar surface area (TPSA) is 130 Å². The minimum Gasteiger partial charge on any atom is -0.332 e. The van der Waals surface area contributed by atoms with Crippen molar-refractivity contribution in [3.8, 4) is 33.5 Å². The molecule has 0 aliphatic carbocycles. The highest BCUT2D eigenvalue weighted by molar-refractivity contribution is 7.81. The molecule has 0 amide bonds. The Morgan fingerprint density at radius 2 is 1.49 bits per heavy atom. The molecule has 0 bridgehead atoms. The van der Waals surface area contributed by atoms with E-state index in [4.69, 9.17) is 29.7 Å². The standard InChI is InChI=1S/C25H26N8S2/c26-31-24(34)30-18-11-7-16(8-12-18)20-4-3-5-21(23(20)22-6-1-2-15-29-22)17-9-13-19(14-10-17)33(28)25(35)32-27/h1-15,25,32,35H,26-28H2,(H2,30,31,34). The third kappa shape index (κ3) is 5.60. The zero-order valence-corrected chi connectivity index (χ0v) is 20.4. The second kappa shape index (κ2) is 11.3. The fourth-order valence-corrected chi connectivity index (χ4v) is 4.01. The van der Waals surface area contributed by atoms with Crippen LogP contribution in [0.3, 0.4) is 0 Å². The molecule has 178 valence electrons. The van der Waals surface area contributed by atoms with Crippen LogP contribution in [0.5, 0.6) is 0 Å². The smallest absolute Gasteiger partial charge is 0.185 e. The van der Waals surface area contributed by atoms with E-state index in [2.05, 4.69) is 45.9 Å². The van der Waals surface area contributed by atoms with Crippen LogP contribution in [-0.2, 0) is 0 Å². The molecule has 0 fully saturated rings. The number of hydrogen-bond donors (Lipinski definition) is 7. The maximum absolute atomic E-state index is 6.09. The van der Waals surface area contributed by atoms with E-state index < -0.39 is 5.50 Å². The molecule has 0 spiro atoms. The van der Waals surface area contributed by atoms with Gasteiger partial charge in [-0.25, -0.2) is 17.1 Å². The van der Waals surface area contributed by atoms with Crippen molar-refractivity contribution in [2.75, 3.05) is 10.3 Å². The molecule has 4 aromatic rings. The van der Waals surface area contributed by atoms with E-state index in [0.717, 1.165) is 44.9 Å². The van der Waals surface area contributed by atoms with Crippen molar-refractivity contribution >= 4 is 41.3 Å². The van der Waals surface area contributed by atoms with Crippen molar-refractivity contribution in [3.63, 3.8) is 0 Å². The van der Waals surface area contributed by atoms with Gasteiger partial charge >= 0.3 is 0 Å². The summed E-state index contributed by atoms with van der Waals surface area (Å²) in [6.45, 7) is 0. The Balaban J connectivity index is 1.78. The fourth-order valence-electron chi connectivity index (χ4n) is 3.75. The van der Waals surface area contributed by atoms with E-state index in [0.29, 0.717) is 5.11 Å². The highest BCUT2D eigenvalue weighted by atomic mass is 32.1. The number of nitrogens with one attached hydrogen (secondary N) is 3. The molecular formula is C25H26N8S2. The lowest BCUT2D eigenvalue weighted by molar-refractivity contribution is 0.650. The number of aromatic nitrogens is 1. The quantitative estimate of drug-likeness (QED) is 0.0666. The molecule has 1 atom stereocenters. The van der Waals surface area contributed by atoms with Crippen molar-refractivity contribution in [3.05, 3.63) is 91.1 Å². The van der Waals surface area contributed by atoms with Gasteiger partial charge in [0.05, 0.1) is 11.4 Å². The van der Waals surface area contributed by atoms with Gasteiger partial charge in [0.1, 0.15) is 0 Å². The molecule has 3 aromatic carbocycles. The number of thiocarbonyl (C=S) groups is 1. The molecular weight excluding hydrogens is 476 g/mol. The Bertz CT molecular complexity index is 1280. The molecule has 4 rings (SSSR count). The number of nitrogens with two attached hydrogens (primary N) is 3. The molecule has 1 heterocycles. The lowest BCUT2D eigenvalue weighted by Crippen LogP contribution is -2.49. The molecule has 0 saturated heterocycles. The average molecular weight is 503 g/mol. The number of anilines is 2. The van der Waals surface area contributed by atoms with Crippen LogP contribution < -0.4 is 38.7 Å². The van der Waals surface area contributed by atoms with Crippen LogP contribution in [0.4, 0.5) is 11.4 Å². The number of hydrogen-bond acceptors (Lipinski definition) is 8. The first-order valence-electron chi connectivity index (χ1n) is 10.7. The lowest BCUT2D eigenvalue weighted by Gasteiger charge is -2.24. The highest BCUT2D eigenvalue weighted by Gasteiger charge is 2.16. The molecule has 10 heteroatoms. The predicted molar refractivity (Wildman–Crippen MR) is 151 cm³/mol. The van der Waals surface area contributed by atoms with Gasteiger partial charge in [0.15, 0.2) is 10.6 Å². The summed E-state index contributed by atoms with van der Waals surface area (Å²) in [6.07, 6.45) is 1.80. The second-order valence-electron chi connectivity index (χ2n) is 7.61. The molecule has 0 aliphatic rings. The van der Waals surface area contributed by atoms with Crippen LogP contribution in [-0.4, -0.2) is 15.6 Å². The minimum absolute atomic E-state index is 0.347. The molecule has 0 aliphatic heterocycles. The van der Waals surface area contributed by atoms with Gasteiger partial charge in [-0.15, -0.1) is 12.6 Å². The van der Waals surface area contributed by atoms with Gasteiger partial charge in [0.25, 0.3) is 0 Å². The zero-order chi connectivity index (χ0) is 24.8. The van der Waals surface area contributed by atoms with Crippen molar-refractivity contribution in [1.29, 1.82) is 0 Å². The van der Waals surface area contributed by atoms with Crippen LogP contribution in [0.1, 0.15) is 0 Å². The fraction of sp³-hybridized carbons (Fsp3) is 0.0400. The normalized spacial score (nSPS) is 11.5. The summed E-state index contributed by atoms with van der Waals surface area (Å²) in [5, 5.41) is 4.83. The lowest BCUT2D eigenvalue weighted by atomic mass is 9.89. The Morgan fingerprint density at radius 1 is 0.857 bits per heavy atom. The maximum Gasteiger partial charge on any atom is 0.185 e. The summed E-state index contributed by atoms with van der Waals surface area (Å²) in [7, 11) is 0. The summed E-state index contributed by atoms with van der Waals surface area (Å²) >= 11 is 9.40. The van der Waals surface area contributed by atoms with Crippen LogP contribution >= 0.6 is 24.8 Å². The van der Waals surface area contributed by atoms with Gasteiger partial charge in [0.2, 0.25) is 0 Å². The number of hydrazine groups is 3. The molecule has 1 unspecified atom stereocenters. The third-order valence-corrected chi connectivity index (χ3v) is 6.08. The molecule has 0 saturated carbocycles. The van der Waals surface area contributed by atoms with Crippen molar-refractivity contribution in [2.24, 2.45) is 17.5 Å². The summed E-state index contributed by atoms with van der Waals surface area (Å²) in [5.41, 5.74) is 12.1. The predicted octanol–water partition coefficient (Wildman–Crippen LogP) is 3.60. The molecule has 0 radical (unpaired) electrons. The van der Waals surface area contributed by atoms with Crippen molar-refractivity contribution in [2.45, 2.75) is 5.50 Å².